The molecule has 2 nitrogen and oxygen atoms in total. The first kappa shape index (κ1) is 13.8. The summed E-state index contributed by atoms with van der Waals surface area (Å²) in [5.74, 6) is 0. The van der Waals surface area contributed by atoms with Crippen molar-refractivity contribution in [2.75, 3.05) is 0 Å². The number of benzene rings is 1. The molecule has 0 amide bonds. The lowest BCUT2D eigenvalue weighted by Crippen LogP contribution is -2.17. The molecule has 0 aliphatic carbocycles. The van der Waals surface area contributed by atoms with E-state index in [9.17, 15) is 0 Å². The average molecular weight is 254 g/mol. The third-order valence-electron chi connectivity index (χ3n) is 3.67. The van der Waals surface area contributed by atoms with Crippen LogP contribution in [0.5, 0.6) is 0 Å². The molecule has 19 heavy (non-hydrogen) atoms. The van der Waals surface area contributed by atoms with E-state index in [0.717, 1.165) is 17.7 Å². The molecule has 0 radical (unpaired) electrons. The van der Waals surface area contributed by atoms with Crippen molar-refractivity contribution in [1.29, 1.82) is 0 Å². The lowest BCUT2D eigenvalue weighted by molar-refractivity contribution is 0.685. The van der Waals surface area contributed by atoms with E-state index in [1.165, 1.54) is 22.3 Å². The summed E-state index contributed by atoms with van der Waals surface area (Å²) in [6, 6.07) is 8.42. The summed E-state index contributed by atoms with van der Waals surface area (Å²) < 4.78 is 0. The van der Waals surface area contributed by atoms with Gasteiger partial charge in [0, 0.05) is 6.20 Å². The van der Waals surface area contributed by atoms with Gasteiger partial charge in [-0.05, 0) is 62.4 Å². The third-order valence-corrected chi connectivity index (χ3v) is 3.67. The molecule has 0 aliphatic rings. The van der Waals surface area contributed by atoms with Gasteiger partial charge in [0.2, 0.25) is 0 Å². The second kappa shape index (κ2) is 5.54. The van der Waals surface area contributed by atoms with Gasteiger partial charge in [0.25, 0.3) is 0 Å². The molecule has 2 rings (SSSR count). The van der Waals surface area contributed by atoms with Crippen LogP contribution < -0.4 is 5.73 Å². The minimum atomic E-state index is -0.0405. The van der Waals surface area contributed by atoms with Crippen molar-refractivity contribution < 1.29 is 0 Å². The predicted molar refractivity (Wildman–Crippen MR) is 80.3 cm³/mol. The van der Waals surface area contributed by atoms with Crippen molar-refractivity contribution in [1.82, 2.24) is 4.98 Å². The van der Waals surface area contributed by atoms with Crippen LogP contribution >= 0.6 is 0 Å². The Morgan fingerprint density at radius 3 is 2.26 bits per heavy atom. The highest BCUT2D eigenvalue weighted by Crippen LogP contribution is 2.23. The molecule has 2 heteroatoms. The van der Waals surface area contributed by atoms with Crippen molar-refractivity contribution in [3.05, 3.63) is 64.0 Å². The van der Waals surface area contributed by atoms with Gasteiger partial charge in [0.1, 0.15) is 0 Å². The number of nitrogens with two attached hydrogens (primary N) is 1. The number of aryl methyl sites for hydroxylation is 4. The molecule has 0 saturated carbocycles. The van der Waals surface area contributed by atoms with Crippen LogP contribution in [0.2, 0.25) is 0 Å². The lowest BCUT2D eigenvalue weighted by atomic mass is 9.92. The smallest absolute Gasteiger partial charge is 0.0603 e. The van der Waals surface area contributed by atoms with Crippen LogP contribution in [-0.4, -0.2) is 4.98 Å². The van der Waals surface area contributed by atoms with Gasteiger partial charge in [-0.1, -0.05) is 23.8 Å². The van der Waals surface area contributed by atoms with Crippen LogP contribution in [0.25, 0.3) is 0 Å². The molecule has 0 saturated heterocycles. The number of hydrogen-bond acceptors (Lipinski definition) is 2. The fraction of sp³-hybridized carbons (Fsp3) is 0.353. The van der Waals surface area contributed by atoms with Gasteiger partial charge in [-0.3, -0.25) is 4.98 Å². The number of aromatic nitrogens is 1. The third kappa shape index (κ3) is 3.02. The van der Waals surface area contributed by atoms with E-state index in [4.69, 9.17) is 5.73 Å². The highest BCUT2D eigenvalue weighted by molar-refractivity contribution is 5.38. The molecule has 0 bridgehead atoms. The first-order valence-corrected chi connectivity index (χ1v) is 6.73. The molecule has 2 N–H and O–H groups in total. The second-order valence-electron chi connectivity index (χ2n) is 5.39. The Morgan fingerprint density at radius 2 is 1.68 bits per heavy atom. The Kier molecular flexibility index (Phi) is 4.01. The Labute approximate surface area is 115 Å². The van der Waals surface area contributed by atoms with Crippen molar-refractivity contribution in [2.45, 2.75) is 40.2 Å². The molecule has 1 aromatic carbocycles. The van der Waals surface area contributed by atoms with Crippen LogP contribution in [0.3, 0.4) is 0 Å². The summed E-state index contributed by atoms with van der Waals surface area (Å²) in [5, 5.41) is 0. The summed E-state index contributed by atoms with van der Waals surface area (Å²) in [6.45, 7) is 8.52. The molecule has 100 valence electrons. The van der Waals surface area contributed by atoms with Gasteiger partial charge in [-0.2, -0.15) is 0 Å². The van der Waals surface area contributed by atoms with Crippen molar-refractivity contribution in [2.24, 2.45) is 5.73 Å². The highest BCUT2D eigenvalue weighted by atomic mass is 14.8. The van der Waals surface area contributed by atoms with E-state index < -0.39 is 0 Å². The highest BCUT2D eigenvalue weighted by Gasteiger charge is 2.14. The van der Waals surface area contributed by atoms with Crippen molar-refractivity contribution in [3.8, 4) is 0 Å². The molecule has 0 spiro atoms. The quantitative estimate of drug-likeness (QED) is 0.909. The summed E-state index contributed by atoms with van der Waals surface area (Å²) >= 11 is 0. The van der Waals surface area contributed by atoms with Crippen LogP contribution in [-0.2, 0) is 6.42 Å². The second-order valence-corrected chi connectivity index (χ2v) is 5.39. The van der Waals surface area contributed by atoms with Gasteiger partial charge in [-0.15, -0.1) is 0 Å². The largest absolute Gasteiger partial charge is 0.322 e. The van der Waals surface area contributed by atoms with Crippen molar-refractivity contribution in [3.63, 3.8) is 0 Å². The van der Waals surface area contributed by atoms with E-state index >= 15 is 0 Å². The Hall–Kier alpha value is -1.67. The van der Waals surface area contributed by atoms with E-state index in [-0.39, 0.29) is 6.04 Å². The normalized spacial score (nSPS) is 12.5. The van der Waals surface area contributed by atoms with Gasteiger partial charge in [-0.25, -0.2) is 0 Å². The first-order valence-electron chi connectivity index (χ1n) is 6.73. The Morgan fingerprint density at radius 1 is 1.05 bits per heavy atom. The summed E-state index contributed by atoms with van der Waals surface area (Å²) in [4.78, 5) is 4.43. The Bertz CT molecular complexity index is 565. The number of hydrogen-bond donors (Lipinski definition) is 1. The van der Waals surface area contributed by atoms with Crippen LogP contribution in [0, 0.1) is 27.7 Å². The van der Waals surface area contributed by atoms with Gasteiger partial charge in [0.05, 0.1) is 11.7 Å². The lowest BCUT2D eigenvalue weighted by Gasteiger charge is -2.17. The molecular weight excluding hydrogens is 232 g/mol. The molecule has 1 unspecified atom stereocenters. The van der Waals surface area contributed by atoms with Crippen LogP contribution in [0.4, 0.5) is 0 Å². The van der Waals surface area contributed by atoms with Gasteiger partial charge >= 0.3 is 0 Å². The summed E-state index contributed by atoms with van der Waals surface area (Å²) in [7, 11) is 0. The van der Waals surface area contributed by atoms with E-state index in [1.54, 1.807) is 0 Å². The minimum absolute atomic E-state index is 0.0405. The SMILES string of the molecule is Cc1cc(C)c(CC(N)c2ncccc2C)c(C)c1. The standard InChI is InChI=1S/C17H22N2/c1-11-8-13(3)15(14(4)9-11)10-16(18)17-12(2)6-5-7-19-17/h5-9,16H,10,18H2,1-4H3. The number of pyridine rings is 1. The van der Waals surface area contributed by atoms with E-state index in [2.05, 4.69) is 50.9 Å². The molecule has 2 aromatic rings. The minimum Gasteiger partial charge on any atom is -0.322 e. The zero-order valence-electron chi connectivity index (χ0n) is 12.2. The molecular formula is C17H22N2. The average Bonchev–Trinajstić information content (AvgIpc) is 2.34. The first-order chi connectivity index (χ1) is 8.99. The summed E-state index contributed by atoms with van der Waals surface area (Å²) in [6.07, 6.45) is 2.66. The van der Waals surface area contributed by atoms with Gasteiger partial charge in [0.15, 0.2) is 0 Å². The van der Waals surface area contributed by atoms with Crippen molar-refractivity contribution >= 4 is 0 Å². The van der Waals surface area contributed by atoms with Crippen LogP contribution in [0.15, 0.2) is 30.5 Å². The Balaban J connectivity index is 2.29. The van der Waals surface area contributed by atoms with Crippen LogP contribution in [0.1, 0.15) is 39.6 Å². The monoisotopic (exact) mass is 254 g/mol. The maximum atomic E-state index is 6.34. The summed E-state index contributed by atoms with van der Waals surface area (Å²) in [5.41, 5.74) is 13.8. The zero-order valence-corrected chi connectivity index (χ0v) is 12.2. The maximum Gasteiger partial charge on any atom is 0.0603 e. The molecule has 0 fully saturated rings. The molecule has 1 heterocycles. The molecule has 1 atom stereocenters. The molecule has 1 aromatic heterocycles. The topological polar surface area (TPSA) is 38.9 Å². The van der Waals surface area contributed by atoms with Gasteiger partial charge < -0.3 is 5.73 Å². The number of rotatable bonds is 3. The predicted octanol–water partition coefficient (Wildman–Crippen LogP) is 3.56. The fourth-order valence-corrected chi connectivity index (χ4v) is 2.73. The number of nitrogens with zero attached hydrogens (tertiary/aromatic N) is 1. The van der Waals surface area contributed by atoms with E-state index in [1.807, 2.05) is 12.3 Å². The fourth-order valence-electron chi connectivity index (χ4n) is 2.73. The molecule has 0 aliphatic heterocycles. The maximum absolute atomic E-state index is 6.34. The zero-order chi connectivity index (χ0) is 14.0. The van der Waals surface area contributed by atoms with E-state index in [0.29, 0.717) is 0 Å².